The van der Waals surface area contributed by atoms with E-state index in [-0.39, 0.29) is 0 Å². The number of hydrogen-bond acceptors (Lipinski definition) is 3. The summed E-state index contributed by atoms with van der Waals surface area (Å²) in [4.78, 5) is 2.49. The summed E-state index contributed by atoms with van der Waals surface area (Å²) < 4.78 is 0. The molecular weight excluding hydrogens is 308 g/mol. The van der Waals surface area contributed by atoms with E-state index in [2.05, 4.69) is 23.1 Å². The largest absolute Gasteiger partial charge is 0.385 e. The zero-order chi connectivity index (χ0) is 17.3. The van der Waals surface area contributed by atoms with Gasteiger partial charge in [0, 0.05) is 19.0 Å². The zero-order valence-electron chi connectivity index (χ0n) is 14.4. The summed E-state index contributed by atoms with van der Waals surface area (Å²) in [6, 6.07) is 20.1. The lowest BCUT2D eigenvalue weighted by Gasteiger charge is -2.39. The fourth-order valence-electron chi connectivity index (χ4n) is 4.68. The number of aryl methyl sites for hydroxylation is 1. The van der Waals surface area contributed by atoms with E-state index in [9.17, 15) is 5.11 Å². The molecule has 0 spiro atoms. The van der Waals surface area contributed by atoms with Gasteiger partial charge in [-0.1, -0.05) is 42.5 Å². The highest BCUT2D eigenvalue weighted by molar-refractivity contribution is 5.32. The lowest BCUT2D eigenvalue weighted by Crippen LogP contribution is -2.42. The number of fused-ring (bicyclic) bond motifs is 2. The van der Waals surface area contributed by atoms with E-state index in [4.69, 9.17) is 5.26 Å². The number of aliphatic hydroxyl groups is 1. The molecule has 0 aliphatic carbocycles. The molecule has 3 nitrogen and oxygen atoms in total. The van der Waals surface area contributed by atoms with Crippen molar-refractivity contribution in [3.05, 3.63) is 71.3 Å². The van der Waals surface area contributed by atoms with E-state index in [1.165, 1.54) is 18.5 Å². The molecule has 2 fully saturated rings. The Labute approximate surface area is 149 Å². The van der Waals surface area contributed by atoms with Crippen molar-refractivity contribution in [2.24, 2.45) is 11.8 Å². The van der Waals surface area contributed by atoms with Gasteiger partial charge < -0.3 is 10.0 Å². The minimum atomic E-state index is -0.783. The van der Waals surface area contributed by atoms with E-state index in [1.807, 2.05) is 42.5 Å². The van der Waals surface area contributed by atoms with E-state index >= 15 is 0 Å². The zero-order valence-corrected chi connectivity index (χ0v) is 14.4. The molecule has 4 rings (SSSR count). The Bertz CT molecular complexity index is 765. The Morgan fingerprint density at radius 2 is 1.84 bits per heavy atom. The van der Waals surface area contributed by atoms with Crippen molar-refractivity contribution >= 4 is 0 Å². The number of nitrogens with zero attached hydrogens (tertiary/aromatic N) is 2. The van der Waals surface area contributed by atoms with Crippen LogP contribution in [-0.4, -0.2) is 29.6 Å². The van der Waals surface area contributed by atoms with Gasteiger partial charge >= 0.3 is 0 Å². The van der Waals surface area contributed by atoms with Crippen LogP contribution in [0, 0.1) is 23.2 Å². The first-order valence-electron chi connectivity index (χ1n) is 9.18. The standard InChI is InChI=1S/C22H24N2O/c23-14-18-8-6-17(7-9-18)10-12-22(25,20-4-2-1-3-5-20)21-16-24-13-11-19(21)15-24/h1-9,19,21,25H,10-13,15-16H2. The average Bonchev–Trinajstić information content (AvgIpc) is 3.31. The first-order chi connectivity index (χ1) is 12.2. The smallest absolute Gasteiger partial charge is 0.0991 e. The van der Waals surface area contributed by atoms with Crippen molar-refractivity contribution in [1.29, 1.82) is 5.26 Å². The second-order valence-corrected chi connectivity index (χ2v) is 7.51. The molecule has 2 heterocycles. The molecule has 4 atom stereocenters. The normalized spacial score (nSPS) is 27.0. The van der Waals surface area contributed by atoms with Gasteiger partial charge in [0.1, 0.15) is 0 Å². The van der Waals surface area contributed by atoms with Crippen molar-refractivity contribution in [2.45, 2.75) is 24.9 Å². The quantitative estimate of drug-likeness (QED) is 0.913. The van der Waals surface area contributed by atoms with Crippen LogP contribution in [0.3, 0.4) is 0 Å². The van der Waals surface area contributed by atoms with Crippen LogP contribution in [0.25, 0.3) is 0 Å². The van der Waals surface area contributed by atoms with Gasteiger partial charge in [0.25, 0.3) is 0 Å². The summed E-state index contributed by atoms with van der Waals surface area (Å²) in [6.45, 7) is 3.32. The third-order valence-electron chi connectivity index (χ3n) is 6.10. The number of rotatable bonds is 5. The predicted molar refractivity (Wildman–Crippen MR) is 97.9 cm³/mol. The topological polar surface area (TPSA) is 47.3 Å². The van der Waals surface area contributed by atoms with Crippen molar-refractivity contribution in [3.8, 4) is 6.07 Å². The van der Waals surface area contributed by atoms with Gasteiger partial charge in [0.15, 0.2) is 0 Å². The lowest BCUT2D eigenvalue weighted by molar-refractivity contribution is -0.0495. The van der Waals surface area contributed by atoms with E-state index in [1.54, 1.807) is 0 Å². The number of benzene rings is 2. The van der Waals surface area contributed by atoms with Crippen molar-refractivity contribution in [3.63, 3.8) is 0 Å². The Balaban J connectivity index is 1.58. The molecule has 25 heavy (non-hydrogen) atoms. The molecule has 2 aliphatic rings. The summed E-state index contributed by atoms with van der Waals surface area (Å²) >= 11 is 0. The molecule has 2 bridgehead atoms. The van der Waals surface area contributed by atoms with E-state index < -0.39 is 5.60 Å². The molecule has 2 aromatic rings. The SMILES string of the molecule is N#Cc1ccc(CCC(O)(c2ccccc2)C2CN3CCC2C3)cc1. The van der Waals surface area contributed by atoms with Gasteiger partial charge in [0.05, 0.1) is 17.2 Å². The van der Waals surface area contributed by atoms with Crippen LogP contribution in [0.4, 0.5) is 0 Å². The van der Waals surface area contributed by atoms with Gasteiger partial charge in [-0.2, -0.15) is 5.26 Å². The van der Waals surface area contributed by atoms with E-state index in [0.717, 1.165) is 31.5 Å². The number of nitriles is 1. The first kappa shape index (κ1) is 16.3. The fraction of sp³-hybridized carbons (Fsp3) is 0.409. The summed E-state index contributed by atoms with van der Waals surface area (Å²) in [5.74, 6) is 0.910. The van der Waals surface area contributed by atoms with Gasteiger partial charge in [-0.15, -0.1) is 0 Å². The van der Waals surface area contributed by atoms with E-state index in [0.29, 0.717) is 17.4 Å². The fourth-order valence-corrected chi connectivity index (χ4v) is 4.68. The molecular formula is C22H24N2O. The Morgan fingerprint density at radius 3 is 2.44 bits per heavy atom. The monoisotopic (exact) mass is 332 g/mol. The van der Waals surface area contributed by atoms with Crippen LogP contribution in [0.2, 0.25) is 0 Å². The second-order valence-electron chi connectivity index (χ2n) is 7.51. The minimum Gasteiger partial charge on any atom is -0.385 e. The lowest BCUT2D eigenvalue weighted by atomic mass is 9.71. The molecule has 2 aromatic carbocycles. The van der Waals surface area contributed by atoms with Crippen molar-refractivity contribution < 1.29 is 5.11 Å². The maximum atomic E-state index is 11.8. The highest BCUT2D eigenvalue weighted by Crippen LogP contribution is 2.46. The molecule has 3 heteroatoms. The Morgan fingerprint density at radius 1 is 1.08 bits per heavy atom. The maximum Gasteiger partial charge on any atom is 0.0991 e. The molecule has 128 valence electrons. The summed E-state index contributed by atoms with van der Waals surface area (Å²) in [5, 5.41) is 20.7. The Kier molecular flexibility index (Phi) is 4.33. The maximum absolute atomic E-state index is 11.8. The number of piperidine rings is 1. The molecule has 2 aliphatic heterocycles. The second kappa shape index (κ2) is 6.63. The highest BCUT2D eigenvalue weighted by Gasteiger charge is 2.49. The minimum absolute atomic E-state index is 0.307. The Hall–Kier alpha value is -2.15. The highest BCUT2D eigenvalue weighted by atomic mass is 16.3. The number of hydrogen-bond donors (Lipinski definition) is 1. The van der Waals surface area contributed by atoms with Crippen LogP contribution in [-0.2, 0) is 12.0 Å². The molecule has 1 N–H and O–H groups in total. The molecule has 0 radical (unpaired) electrons. The van der Waals surface area contributed by atoms with Crippen molar-refractivity contribution in [2.75, 3.05) is 19.6 Å². The average molecular weight is 332 g/mol. The van der Waals surface area contributed by atoms with Gasteiger partial charge in [-0.05, 0) is 55.0 Å². The van der Waals surface area contributed by atoms with Crippen LogP contribution in [0.5, 0.6) is 0 Å². The van der Waals surface area contributed by atoms with Gasteiger partial charge in [0.2, 0.25) is 0 Å². The molecule has 4 unspecified atom stereocenters. The third-order valence-corrected chi connectivity index (χ3v) is 6.10. The van der Waals surface area contributed by atoms with Crippen LogP contribution >= 0.6 is 0 Å². The van der Waals surface area contributed by atoms with Gasteiger partial charge in [-0.25, -0.2) is 0 Å². The van der Waals surface area contributed by atoms with Crippen molar-refractivity contribution in [1.82, 2.24) is 4.90 Å². The molecule has 2 saturated heterocycles. The molecule has 0 amide bonds. The predicted octanol–water partition coefficient (Wildman–Crippen LogP) is 3.33. The molecule has 0 aromatic heterocycles. The van der Waals surface area contributed by atoms with Crippen LogP contribution < -0.4 is 0 Å². The van der Waals surface area contributed by atoms with Crippen LogP contribution in [0.15, 0.2) is 54.6 Å². The summed E-state index contributed by atoms with van der Waals surface area (Å²) in [5.41, 5.74) is 2.12. The summed E-state index contributed by atoms with van der Waals surface area (Å²) in [7, 11) is 0. The summed E-state index contributed by atoms with van der Waals surface area (Å²) in [6.07, 6.45) is 2.74. The van der Waals surface area contributed by atoms with Gasteiger partial charge in [-0.3, -0.25) is 0 Å². The third kappa shape index (κ3) is 3.08. The first-order valence-corrected chi connectivity index (χ1v) is 9.18. The van der Waals surface area contributed by atoms with Crippen LogP contribution in [0.1, 0.15) is 29.5 Å². The molecule has 0 saturated carbocycles.